The molecule has 2 aromatic carbocycles. The Kier molecular flexibility index (Phi) is 4.91. The van der Waals surface area contributed by atoms with Gasteiger partial charge in [-0.15, -0.1) is 0 Å². The fraction of sp³-hybridized carbons (Fsp3) is 0.188. The summed E-state index contributed by atoms with van der Waals surface area (Å²) in [7, 11) is 0.331. The lowest BCUT2D eigenvalue weighted by Crippen LogP contribution is -2.06. The molecule has 0 aliphatic carbocycles. The fourth-order valence-electron chi connectivity index (χ4n) is 1.94. The standard InChI is InChI=1S/C16H15NO2S/c1-19-14-7-9-15(10-8-14)20(18)16(11-12-17)13-5-3-2-4-6-13/h2-10,16H,11H2,1H3. The second kappa shape index (κ2) is 6.88. The number of nitrogens with zero attached hydrogens (tertiary/aromatic N) is 1. The van der Waals surface area contributed by atoms with Crippen molar-refractivity contribution >= 4 is 10.8 Å². The summed E-state index contributed by atoms with van der Waals surface area (Å²) in [6.07, 6.45) is 0.225. The van der Waals surface area contributed by atoms with Crippen LogP contribution in [0.4, 0.5) is 0 Å². The Hall–Kier alpha value is -2.12. The van der Waals surface area contributed by atoms with Gasteiger partial charge in [0, 0.05) is 4.90 Å². The van der Waals surface area contributed by atoms with Gasteiger partial charge < -0.3 is 4.74 Å². The quantitative estimate of drug-likeness (QED) is 0.845. The van der Waals surface area contributed by atoms with E-state index in [0.717, 1.165) is 11.3 Å². The van der Waals surface area contributed by atoms with Crippen LogP contribution in [0.15, 0.2) is 59.5 Å². The van der Waals surface area contributed by atoms with Crippen molar-refractivity contribution in [3.8, 4) is 11.8 Å². The molecule has 0 radical (unpaired) electrons. The second-order valence-corrected chi connectivity index (χ2v) is 5.87. The summed E-state index contributed by atoms with van der Waals surface area (Å²) < 4.78 is 17.7. The minimum atomic E-state index is -1.26. The molecule has 0 saturated heterocycles. The highest BCUT2D eigenvalue weighted by Crippen LogP contribution is 2.28. The molecule has 3 nitrogen and oxygen atoms in total. The van der Waals surface area contributed by atoms with Crippen molar-refractivity contribution in [2.45, 2.75) is 16.6 Å². The first-order chi connectivity index (χ1) is 9.76. The highest BCUT2D eigenvalue weighted by molar-refractivity contribution is 7.85. The van der Waals surface area contributed by atoms with Crippen molar-refractivity contribution < 1.29 is 8.95 Å². The number of methoxy groups -OCH3 is 1. The number of rotatable bonds is 5. The van der Waals surface area contributed by atoms with Crippen LogP contribution in [0.25, 0.3) is 0 Å². The van der Waals surface area contributed by atoms with E-state index in [4.69, 9.17) is 10.00 Å². The largest absolute Gasteiger partial charge is 0.497 e. The number of hydrogen-bond donors (Lipinski definition) is 0. The third kappa shape index (κ3) is 3.25. The maximum absolute atomic E-state index is 12.7. The maximum Gasteiger partial charge on any atom is 0.118 e. The first-order valence-corrected chi connectivity index (χ1v) is 7.44. The van der Waals surface area contributed by atoms with E-state index < -0.39 is 10.8 Å². The van der Waals surface area contributed by atoms with Crippen LogP contribution in [0.5, 0.6) is 5.75 Å². The maximum atomic E-state index is 12.7. The SMILES string of the molecule is COc1ccc(S(=O)C(CC#N)c2ccccc2)cc1. The molecule has 2 aromatic rings. The van der Waals surface area contributed by atoms with Gasteiger partial charge in [-0.2, -0.15) is 5.26 Å². The molecule has 0 saturated carbocycles. The molecule has 0 heterocycles. The molecule has 2 unspecified atom stereocenters. The molecule has 4 heteroatoms. The second-order valence-electron chi connectivity index (χ2n) is 4.23. The third-order valence-corrected chi connectivity index (χ3v) is 4.69. The van der Waals surface area contributed by atoms with Crippen LogP contribution in [0, 0.1) is 11.3 Å². The summed E-state index contributed by atoms with van der Waals surface area (Å²) in [6.45, 7) is 0. The number of ether oxygens (including phenoxy) is 1. The van der Waals surface area contributed by atoms with E-state index in [9.17, 15) is 4.21 Å². The smallest absolute Gasteiger partial charge is 0.118 e. The molecule has 0 N–H and O–H groups in total. The minimum Gasteiger partial charge on any atom is -0.497 e. The summed E-state index contributed by atoms with van der Waals surface area (Å²) >= 11 is 0. The molecule has 0 aliphatic heterocycles. The molecule has 0 amide bonds. The van der Waals surface area contributed by atoms with E-state index in [1.165, 1.54) is 0 Å². The number of hydrogen-bond acceptors (Lipinski definition) is 3. The predicted octanol–water partition coefficient (Wildman–Crippen LogP) is 3.46. The highest BCUT2D eigenvalue weighted by atomic mass is 32.2. The van der Waals surface area contributed by atoms with Crippen LogP contribution < -0.4 is 4.74 Å². The molecule has 0 aliphatic rings. The highest BCUT2D eigenvalue weighted by Gasteiger charge is 2.20. The normalized spacial score (nSPS) is 13.2. The van der Waals surface area contributed by atoms with E-state index in [1.54, 1.807) is 31.4 Å². The van der Waals surface area contributed by atoms with Gasteiger partial charge in [-0.05, 0) is 29.8 Å². The van der Waals surface area contributed by atoms with Crippen molar-refractivity contribution in [2.75, 3.05) is 7.11 Å². The van der Waals surface area contributed by atoms with E-state index in [2.05, 4.69) is 6.07 Å². The van der Waals surface area contributed by atoms with Crippen LogP contribution in [-0.4, -0.2) is 11.3 Å². The topological polar surface area (TPSA) is 50.1 Å². The van der Waals surface area contributed by atoms with Crippen molar-refractivity contribution in [3.63, 3.8) is 0 Å². The molecular formula is C16H15NO2S. The minimum absolute atomic E-state index is 0.225. The van der Waals surface area contributed by atoms with Crippen LogP contribution in [-0.2, 0) is 10.8 Å². The van der Waals surface area contributed by atoms with Gasteiger partial charge in [0.2, 0.25) is 0 Å². The van der Waals surface area contributed by atoms with E-state index in [1.807, 2.05) is 30.3 Å². The van der Waals surface area contributed by atoms with Crippen LogP contribution in [0.1, 0.15) is 17.2 Å². The molecule has 20 heavy (non-hydrogen) atoms. The molecule has 2 atom stereocenters. The third-order valence-electron chi connectivity index (χ3n) is 3.00. The van der Waals surface area contributed by atoms with Gasteiger partial charge in [-0.25, -0.2) is 0 Å². The monoisotopic (exact) mass is 285 g/mol. The van der Waals surface area contributed by atoms with Crippen molar-refractivity contribution in [3.05, 3.63) is 60.2 Å². The summed E-state index contributed by atoms with van der Waals surface area (Å²) in [5.41, 5.74) is 0.920. The number of nitriles is 1. The fourth-order valence-corrected chi connectivity index (χ4v) is 3.30. The van der Waals surface area contributed by atoms with Gasteiger partial charge in [0.25, 0.3) is 0 Å². The first-order valence-electron chi connectivity index (χ1n) is 6.22. The van der Waals surface area contributed by atoms with Gasteiger partial charge in [-0.3, -0.25) is 4.21 Å². The molecule has 2 rings (SSSR count). The Morgan fingerprint density at radius 3 is 2.35 bits per heavy atom. The Bertz CT molecular complexity index is 617. The lowest BCUT2D eigenvalue weighted by Gasteiger charge is -2.14. The van der Waals surface area contributed by atoms with Crippen LogP contribution >= 0.6 is 0 Å². The molecule has 0 fully saturated rings. The molecule has 0 aromatic heterocycles. The van der Waals surface area contributed by atoms with Crippen LogP contribution in [0.2, 0.25) is 0 Å². The molecule has 0 spiro atoms. The van der Waals surface area contributed by atoms with Gasteiger partial charge in [0.1, 0.15) is 5.75 Å². The zero-order chi connectivity index (χ0) is 14.4. The summed E-state index contributed by atoms with van der Waals surface area (Å²) in [5, 5.41) is 8.66. The van der Waals surface area contributed by atoms with Crippen LogP contribution in [0.3, 0.4) is 0 Å². The van der Waals surface area contributed by atoms with Crippen molar-refractivity contribution in [1.29, 1.82) is 5.26 Å². The zero-order valence-corrected chi connectivity index (χ0v) is 12.0. The predicted molar refractivity (Wildman–Crippen MR) is 78.8 cm³/mol. The zero-order valence-electron chi connectivity index (χ0n) is 11.2. The summed E-state index contributed by atoms with van der Waals surface area (Å²) in [6, 6.07) is 18.7. The Morgan fingerprint density at radius 1 is 1.15 bits per heavy atom. The number of benzene rings is 2. The van der Waals surface area contributed by atoms with Gasteiger partial charge in [-0.1, -0.05) is 30.3 Å². The van der Waals surface area contributed by atoms with Gasteiger partial charge in [0.05, 0.1) is 35.6 Å². The molecule has 0 bridgehead atoms. The van der Waals surface area contributed by atoms with Gasteiger partial charge >= 0.3 is 0 Å². The summed E-state index contributed by atoms with van der Waals surface area (Å²) in [4.78, 5) is 0.704. The molecule has 102 valence electrons. The van der Waals surface area contributed by atoms with Crippen molar-refractivity contribution in [2.24, 2.45) is 0 Å². The Morgan fingerprint density at radius 2 is 1.80 bits per heavy atom. The average Bonchev–Trinajstić information content (AvgIpc) is 2.53. The van der Waals surface area contributed by atoms with Crippen molar-refractivity contribution in [1.82, 2.24) is 0 Å². The summed E-state index contributed by atoms with van der Waals surface area (Å²) in [5.74, 6) is 0.724. The van der Waals surface area contributed by atoms with E-state index >= 15 is 0 Å². The average molecular weight is 285 g/mol. The van der Waals surface area contributed by atoms with Gasteiger partial charge in [0.15, 0.2) is 0 Å². The van der Waals surface area contributed by atoms with E-state index in [-0.39, 0.29) is 11.7 Å². The lowest BCUT2D eigenvalue weighted by atomic mass is 10.1. The Labute approximate surface area is 121 Å². The lowest BCUT2D eigenvalue weighted by molar-refractivity contribution is 0.414. The first kappa shape index (κ1) is 14.3. The molecular weight excluding hydrogens is 270 g/mol. The Balaban J connectivity index is 2.29. The van der Waals surface area contributed by atoms with E-state index in [0.29, 0.717) is 4.90 Å².